The highest BCUT2D eigenvalue weighted by atomic mass is 16.5. The summed E-state index contributed by atoms with van der Waals surface area (Å²) in [5, 5.41) is 0. The van der Waals surface area contributed by atoms with Crippen molar-refractivity contribution in [2.24, 2.45) is 0 Å². The molecule has 160 valence electrons. The van der Waals surface area contributed by atoms with Crippen LogP contribution in [-0.2, 0) is 13.2 Å². The van der Waals surface area contributed by atoms with Crippen LogP contribution in [0.2, 0.25) is 0 Å². The van der Waals surface area contributed by atoms with Crippen molar-refractivity contribution in [1.29, 1.82) is 0 Å². The summed E-state index contributed by atoms with van der Waals surface area (Å²) in [4.78, 5) is 0. The van der Waals surface area contributed by atoms with Gasteiger partial charge in [0.2, 0.25) is 0 Å². The van der Waals surface area contributed by atoms with Crippen LogP contribution in [0.5, 0.6) is 17.2 Å². The first-order valence-corrected chi connectivity index (χ1v) is 10.6. The maximum absolute atomic E-state index is 6.08. The Hall–Kier alpha value is -3.98. The third-order valence-corrected chi connectivity index (χ3v) is 4.98. The second kappa shape index (κ2) is 10.9. The van der Waals surface area contributed by atoms with E-state index in [2.05, 4.69) is 36.4 Å². The molecule has 0 aromatic heterocycles. The van der Waals surface area contributed by atoms with E-state index >= 15 is 0 Å². The maximum atomic E-state index is 6.08. The molecule has 0 amide bonds. The number of methoxy groups -OCH3 is 1. The molecule has 4 rings (SSSR count). The largest absolute Gasteiger partial charge is 0.497 e. The van der Waals surface area contributed by atoms with Crippen molar-refractivity contribution in [1.82, 2.24) is 0 Å². The molecule has 0 spiro atoms. The van der Waals surface area contributed by atoms with Gasteiger partial charge in [-0.15, -0.1) is 0 Å². The normalized spacial score (nSPS) is 10.8. The van der Waals surface area contributed by atoms with Gasteiger partial charge in [-0.1, -0.05) is 84.9 Å². The molecule has 3 nitrogen and oxygen atoms in total. The summed E-state index contributed by atoms with van der Waals surface area (Å²) in [6.45, 7) is 1.01. The fraction of sp³-hybridized carbons (Fsp3) is 0.103. The first-order chi connectivity index (χ1) is 15.8. The Balaban J connectivity index is 1.53. The van der Waals surface area contributed by atoms with Crippen LogP contribution in [0.25, 0.3) is 12.2 Å². The highest BCUT2D eigenvalue weighted by molar-refractivity contribution is 5.71. The summed E-state index contributed by atoms with van der Waals surface area (Å²) in [5.74, 6) is 2.39. The summed E-state index contributed by atoms with van der Waals surface area (Å²) in [6, 6.07) is 34.2. The molecular formula is C29H26O3. The van der Waals surface area contributed by atoms with Crippen molar-refractivity contribution >= 4 is 12.2 Å². The third kappa shape index (κ3) is 6.26. The molecule has 0 bridgehead atoms. The highest BCUT2D eigenvalue weighted by Gasteiger charge is 2.04. The third-order valence-electron chi connectivity index (χ3n) is 4.98. The fourth-order valence-corrected chi connectivity index (χ4v) is 3.25. The van der Waals surface area contributed by atoms with Crippen LogP contribution in [0.4, 0.5) is 0 Å². The second-order valence-corrected chi connectivity index (χ2v) is 7.39. The van der Waals surface area contributed by atoms with Crippen LogP contribution < -0.4 is 14.2 Å². The van der Waals surface area contributed by atoms with E-state index < -0.39 is 0 Å². The lowest BCUT2D eigenvalue weighted by Gasteiger charge is -2.12. The van der Waals surface area contributed by atoms with E-state index in [1.54, 1.807) is 7.11 Å². The lowest BCUT2D eigenvalue weighted by atomic mass is 10.1. The zero-order valence-corrected chi connectivity index (χ0v) is 18.1. The molecule has 0 aliphatic carbocycles. The van der Waals surface area contributed by atoms with Gasteiger partial charge >= 0.3 is 0 Å². The van der Waals surface area contributed by atoms with E-state index in [1.165, 1.54) is 0 Å². The lowest BCUT2D eigenvalue weighted by molar-refractivity contribution is 0.290. The molecule has 0 heterocycles. The van der Waals surface area contributed by atoms with E-state index in [0.717, 1.165) is 39.5 Å². The summed E-state index contributed by atoms with van der Waals surface area (Å²) >= 11 is 0. The van der Waals surface area contributed by atoms with E-state index in [-0.39, 0.29) is 0 Å². The molecule has 0 N–H and O–H groups in total. The van der Waals surface area contributed by atoms with Crippen LogP contribution in [0.15, 0.2) is 103 Å². The molecule has 0 unspecified atom stereocenters. The van der Waals surface area contributed by atoms with Gasteiger partial charge in [0, 0.05) is 6.07 Å². The van der Waals surface area contributed by atoms with Crippen LogP contribution in [0.1, 0.15) is 22.3 Å². The van der Waals surface area contributed by atoms with Gasteiger partial charge in [-0.3, -0.25) is 0 Å². The summed E-state index contributed by atoms with van der Waals surface area (Å²) < 4.78 is 17.4. The van der Waals surface area contributed by atoms with Gasteiger partial charge < -0.3 is 14.2 Å². The molecule has 0 saturated carbocycles. The minimum atomic E-state index is 0.505. The highest BCUT2D eigenvalue weighted by Crippen LogP contribution is 2.26. The molecule has 3 heteroatoms. The molecule has 32 heavy (non-hydrogen) atoms. The van der Waals surface area contributed by atoms with Gasteiger partial charge in [-0.25, -0.2) is 0 Å². The molecule has 0 fully saturated rings. The Morgan fingerprint density at radius 1 is 0.531 bits per heavy atom. The van der Waals surface area contributed by atoms with Crippen molar-refractivity contribution in [2.75, 3.05) is 7.11 Å². The van der Waals surface area contributed by atoms with Crippen molar-refractivity contribution in [3.8, 4) is 17.2 Å². The lowest BCUT2D eigenvalue weighted by Crippen LogP contribution is -1.98. The van der Waals surface area contributed by atoms with E-state index in [9.17, 15) is 0 Å². The van der Waals surface area contributed by atoms with Gasteiger partial charge in [0.1, 0.15) is 30.5 Å². The fourth-order valence-electron chi connectivity index (χ4n) is 3.25. The minimum absolute atomic E-state index is 0.505. The Morgan fingerprint density at radius 2 is 1.03 bits per heavy atom. The molecular weight excluding hydrogens is 396 g/mol. The maximum Gasteiger partial charge on any atom is 0.124 e. The quantitative estimate of drug-likeness (QED) is 0.271. The van der Waals surface area contributed by atoms with Crippen LogP contribution in [0.3, 0.4) is 0 Å². The van der Waals surface area contributed by atoms with E-state index in [0.29, 0.717) is 13.2 Å². The topological polar surface area (TPSA) is 27.7 Å². The number of hydrogen-bond acceptors (Lipinski definition) is 3. The van der Waals surface area contributed by atoms with E-state index in [4.69, 9.17) is 14.2 Å². The number of rotatable bonds is 9. The van der Waals surface area contributed by atoms with Crippen molar-refractivity contribution in [2.45, 2.75) is 13.2 Å². The predicted molar refractivity (Wildman–Crippen MR) is 130 cm³/mol. The number of hydrogen-bond donors (Lipinski definition) is 0. The van der Waals surface area contributed by atoms with Crippen molar-refractivity contribution < 1.29 is 14.2 Å². The van der Waals surface area contributed by atoms with Crippen LogP contribution >= 0.6 is 0 Å². The second-order valence-electron chi connectivity index (χ2n) is 7.39. The standard InChI is InChI=1S/C29H26O3/c1-30-27-16-14-23(15-17-27)12-13-26-18-28(31-21-24-8-4-2-5-9-24)20-29(19-26)32-22-25-10-6-3-7-11-25/h2-20H,21-22H2,1H3. The Kier molecular flexibility index (Phi) is 7.22. The zero-order chi connectivity index (χ0) is 22.0. The van der Waals surface area contributed by atoms with Gasteiger partial charge in [0.05, 0.1) is 7.11 Å². The smallest absolute Gasteiger partial charge is 0.124 e. The molecule has 4 aromatic rings. The van der Waals surface area contributed by atoms with Gasteiger partial charge in [-0.2, -0.15) is 0 Å². The number of ether oxygens (including phenoxy) is 3. The van der Waals surface area contributed by atoms with Gasteiger partial charge in [0.15, 0.2) is 0 Å². The number of benzene rings is 4. The Morgan fingerprint density at radius 3 is 1.53 bits per heavy atom. The van der Waals surface area contributed by atoms with Crippen LogP contribution in [0, 0.1) is 0 Å². The van der Waals surface area contributed by atoms with Gasteiger partial charge in [0.25, 0.3) is 0 Å². The average Bonchev–Trinajstić information content (AvgIpc) is 2.86. The van der Waals surface area contributed by atoms with Crippen molar-refractivity contribution in [3.05, 3.63) is 125 Å². The van der Waals surface area contributed by atoms with E-state index in [1.807, 2.05) is 78.9 Å². The zero-order valence-electron chi connectivity index (χ0n) is 18.1. The monoisotopic (exact) mass is 422 g/mol. The Labute approximate surface area is 189 Å². The summed E-state index contributed by atoms with van der Waals surface area (Å²) in [6.07, 6.45) is 4.13. The predicted octanol–water partition coefficient (Wildman–Crippen LogP) is 7.02. The summed E-state index contributed by atoms with van der Waals surface area (Å²) in [5.41, 5.74) is 4.35. The SMILES string of the molecule is COc1ccc(C=Cc2cc(OCc3ccccc3)cc(OCc3ccccc3)c2)cc1. The summed E-state index contributed by atoms with van der Waals surface area (Å²) in [7, 11) is 1.67. The first-order valence-electron chi connectivity index (χ1n) is 10.6. The minimum Gasteiger partial charge on any atom is -0.497 e. The average molecular weight is 423 g/mol. The molecule has 4 aromatic carbocycles. The molecule has 0 radical (unpaired) electrons. The molecule has 0 aliphatic heterocycles. The van der Waals surface area contributed by atoms with Crippen LogP contribution in [-0.4, -0.2) is 7.11 Å². The molecule has 0 atom stereocenters. The first kappa shape index (κ1) is 21.3. The van der Waals surface area contributed by atoms with Crippen molar-refractivity contribution in [3.63, 3.8) is 0 Å². The molecule has 0 saturated heterocycles. The van der Waals surface area contributed by atoms with Gasteiger partial charge in [-0.05, 0) is 46.5 Å². The Bertz CT molecular complexity index is 1070. The molecule has 0 aliphatic rings.